The number of aromatic nitrogens is 2. The Hall–Kier alpha value is -2.07. The van der Waals surface area contributed by atoms with E-state index in [0.717, 1.165) is 54.3 Å². The number of hydrogen-bond donors (Lipinski definition) is 0. The van der Waals surface area contributed by atoms with Crippen LogP contribution in [0.5, 0.6) is 0 Å². The first kappa shape index (κ1) is 14.5. The van der Waals surface area contributed by atoms with E-state index >= 15 is 0 Å². The fourth-order valence-electron chi connectivity index (χ4n) is 3.44. The van der Waals surface area contributed by atoms with Gasteiger partial charge in [-0.25, -0.2) is 4.98 Å². The highest BCUT2D eigenvalue weighted by molar-refractivity contribution is 5.86. The van der Waals surface area contributed by atoms with Crippen molar-refractivity contribution in [3.05, 3.63) is 42.2 Å². The average Bonchev–Trinajstić information content (AvgIpc) is 3.19. The largest absolute Gasteiger partial charge is 0.453 e. The zero-order valence-electron chi connectivity index (χ0n) is 13.5. The highest BCUT2D eigenvalue weighted by Crippen LogP contribution is 2.32. The third kappa shape index (κ3) is 2.79. The molecular formula is C19H22N2O2. The number of benzene rings is 1. The lowest BCUT2D eigenvalue weighted by molar-refractivity contribution is 0.0501. The Morgan fingerprint density at radius 3 is 3.04 bits per heavy atom. The molecule has 120 valence electrons. The zero-order chi connectivity index (χ0) is 15.6. The van der Waals surface area contributed by atoms with Crippen molar-refractivity contribution in [2.45, 2.75) is 32.7 Å². The van der Waals surface area contributed by atoms with Gasteiger partial charge in [-0.3, -0.25) is 0 Å². The summed E-state index contributed by atoms with van der Waals surface area (Å²) < 4.78 is 13.9. The maximum absolute atomic E-state index is 6.07. The molecule has 1 aliphatic heterocycles. The molecule has 3 heterocycles. The lowest BCUT2D eigenvalue weighted by Gasteiger charge is -2.22. The third-order valence-electron chi connectivity index (χ3n) is 4.80. The van der Waals surface area contributed by atoms with Gasteiger partial charge in [0.15, 0.2) is 11.6 Å². The molecule has 0 radical (unpaired) electrons. The Morgan fingerprint density at radius 2 is 2.22 bits per heavy atom. The van der Waals surface area contributed by atoms with Crippen LogP contribution in [0, 0.1) is 12.8 Å². The predicted octanol–water partition coefficient (Wildman–Crippen LogP) is 4.42. The number of hydrogen-bond acceptors (Lipinski definition) is 3. The summed E-state index contributed by atoms with van der Waals surface area (Å²) in [5.41, 5.74) is 2.09. The molecule has 1 atom stereocenters. The molecule has 0 bridgehead atoms. The number of nitrogens with zero attached hydrogens (tertiary/aromatic N) is 2. The molecule has 0 N–H and O–H groups in total. The summed E-state index contributed by atoms with van der Waals surface area (Å²) in [5.74, 6) is 2.47. The molecule has 1 fully saturated rings. The van der Waals surface area contributed by atoms with E-state index in [9.17, 15) is 0 Å². The quantitative estimate of drug-likeness (QED) is 0.716. The molecule has 4 heteroatoms. The molecule has 1 saturated heterocycles. The summed E-state index contributed by atoms with van der Waals surface area (Å²) in [7, 11) is 0. The van der Waals surface area contributed by atoms with Crippen LogP contribution in [0.15, 0.2) is 41.1 Å². The number of fused-ring (bicyclic) bond motifs is 1. The maximum atomic E-state index is 6.07. The van der Waals surface area contributed by atoms with Gasteiger partial charge in [0.2, 0.25) is 0 Å². The molecule has 2 aromatic heterocycles. The van der Waals surface area contributed by atoms with Crippen LogP contribution in [0.3, 0.4) is 0 Å². The van der Waals surface area contributed by atoms with Gasteiger partial charge in [0.1, 0.15) is 5.58 Å². The molecule has 0 aliphatic carbocycles. The standard InChI is InChI=1S/C19H22N2O2/c1-14-16-6-2-3-7-17(16)23-18(14)19-20-9-11-21(19)10-8-15-5-4-12-22-13-15/h2-3,6-7,9,11,15H,4-5,8,10,12-13H2,1H3. The van der Waals surface area contributed by atoms with Gasteiger partial charge >= 0.3 is 0 Å². The van der Waals surface area contributed by atoms with Crippen molar-refractivity contribution in [2.24, 2.45) is 5.92 Å². The molecule has 0 saturated carbocycles. The van der Waals surface area contributed by atoms with Gasteiger partial charge in [-0.05, 0) is 38.2 Å². The third-order valence-corrected chi connectivity index (χ3v) is 4.80. The Kier molecular flexibility index (Phi) is 3.92. The monoisotopic (exact) mass is 310 g/mol. The van der Waals surface area contributed by atoms with Crippen molar-refractivity contribution in [1.29, 1.82) is 0 Å². The van der Waals surface area contributed by atoms with Crippen LogP contribution in [-0.2, 0) is 11.3 Å². The Morgan fingerprint density at radius 1 is 1.30 bits per heavy atom. The van der Waals surface area contributed by atoms with Gasteiger partial charge in [-0.1, -0.05) is 18.2 Å². The molecule has 1 aromatic carbocycles. The molecule has 1 unspecified atom stereocenters. The summed E-state index contributed by atoms with van der Waals surface area (Å²) in [4.78, 5) is 4.54. The number of imidazole rings is 1. The van der Waals surface area contributed by atoms with E-state index in [2.05, 4.69) is 22.5 Å². The van der Waals surface area contributed by atoms with E-state index < -0.39 is 0 Å². The SMILES string of the molecule is Cc1c(-c2nccn2CCC2CCCOC2)oc2ccccc12. The average molecular weight is 310 g/mol. The molecule has 1 aliphatic rings. The topological polar surface area (TPSA) is 40.2 Å². The normalized spacial score (nSPS) is 18.6. The zero-order valence-corrected chi connectivity index (χ0v) is 13.5. The van der Waals surface area contributed by atoms with Gasteiger partial charge in [-0.15, -0.1) is 0 Å². The van der Waals surface area contributed by atoms with Crippen LogP contribution < -0.4 is 0 Å². The molecular weight excluding hydrogens is 288 g/mol. The van der Waals surface area contributed by atoms with Gasteiger partial charge in [0.05, 0.1) is 0 Å². The first-order chi connectivity index (χ1) is 11.3. The molecule has 0 amide bonds. The first-order valence-corrected chi connectivity index (χ1v) is 8.40. The van der Waals surface area contributed by atoms with Crippen molar-refractivity contribution < 1.29 is 9.15 Å². The summed E-state index contributed by atoms with van der Waals surface area (Å²) in [5, 5.41) is 1.16. The highest BCUT2D eigenvalue weighted by Gasteiger charge is 2.18. The van der Waals surface area contributed by atoms with E-state index in [0.29, 0.717) is 5.92 Å². The Balaban J connectivity index is 1.59. The molecule has 4 rings (SSSR count). The van der Waals surface area contributed by atoms with Crippen LogP contribution in [-0.4, -0.2) is 22.8 Å². The van der Waals surface area contributed by atoms with Gasteiger partial charge in [0, 0.05) is 43.1 Å². The molecule has 4 nitrogen and oxygen atoms in total. The van der Waals surface area contributed by atoms with Gasteiger partial charge < -0.3 is 13.7 Å². The summed E-state index contributed by atoms with van der Waals surface area (Å²) >= 11 is 0. The van der Waals surface area contributed by atoms with Crippen molar-refractivity contribution in [3.63, 3.8) is 0 Å². The number of furan rings is 1. The highest BCUT2D eigenvalue weighted by atomic mass is 16.5. The summed E-state index contributed by atoms with van der Waals surface area (Å²) in [6.45, 7) is 4.88. The summed E-state index contributed by atoms with van der Waals surface area (Å²) in [6.07, 6.45) is 7.49. The van der Waals surface area contributed by atoms with Gasteiger partial charge in [-0.2, -0.15) is 0 Å². The minimum atomic E-state index is 0.663. The minimum Gasteiger partial charge on any atom is -0.453 e. The van der Waals surface area contributed by atoms with Crippen LogP contribution in [0.4, 0.5) is 0 Å². The van der Waals surface area contributed by atoms with E-state index in [1.165, 1.54) is 12.8 Å². The number of rotatable bonds is 4. The van der Waals surface area contributed by atoms with Crippen LogP contribution >= 0.6 is 0 Å². The molecule has 3 aromatic rings. The lowest BCUT2D eigenvalue weighted by Crippen LogP contribution is -2.19. The maximum Gasteiger partial charge on any atom is 0.176 e. The molecule has 23 heavy (non-hydrogen) atoms. The Bertz CT molecular complexity index is 797. The number of aryl methyl sites for hydroxylation is 2. The minimum absolute atomic E-state index is 0.663. The fraction of sp³-hybridized carbons (Fsp3) is 0.421. The van der Waals surface area contributed by atoms with Crippen LogP contribution in [0.25, 0.3) is 22.6 Å². The first-order valence-electron chi connectivity index (χ1n) is 8.40. The van der Waals surface area contributed by atoms with E-state index in [-0.39, 0.29) is 0 Å². The Labute approximate surface area is 136 Å². The molecule has 0 spiro atoms. The van der Waals surface area contributed by atoms with Crippen molar-refractivity contribution >= 4 is 11.0 Å². The second-order valence-corrected chi connectivity index (χ2v) is 6.37. The van der Waals surface area contributed by atoms with Crippen LogP contribution in [0.2, 0.25) is 0 Å². The van der Waals surface area contributed by atoms with E-state index in [1.807, 2.05) is 30.6 Å². The van der Waals surface area contributed by atoms with Crippen molar-refractivity contribution in [2.75, 3.05) is 13.2 Å². The van der Waals surface area contributed by atoms with Crippen molar-refractivity contribution in [3.8, 4) is 11.6 Å². The van der Waals surface area contributed by atoms with Crippen molar-refractivity contribution in [1.82, 2.24) is 9.55 Å². The lowest BCUT2D eigenvalue weighted by atomic mass is 9.99. The second-order valence-electron chi connectivity index (χ2n) is 6.37. The smallest absolute Gasteiger partial charge is 0.176 e. The van der Waals surface area contributed by atoms with Gasteiger partial charge in [0.25, 0.3) is 0 Å². The predicted molar refractivity (Wildman–Crippen MR) is 90.3 cm³/mol. The van der Waals surface area contributed by atoms with E-state index in [4.69, 9.17) is 9.15 Å². The number of ether oxygens (including phenoxy) is 1. The van der Waals surface area contributed by atoms with E-state index in [1.54, 1.807) is 0 Å². The number of para-hydroxylation sites is 1. The van der Waals surface area contributed by atoms with Crippen LogP contribution in [0.1, 0.15) is 24.8 Å². The summed E-state index contributed by atoms with van der Waals surface area (Å²) in [6, 6.07) is 8.16. The second kappa shape index (κ2) is 6.20. The fourth-order valence-corrected chi connectivity index (χ4v) is 3.44.